The van der Waals surface area contributed by atoms with Crippen molar-refractivity contribution >= 4 is 23.2 Å². The smallest absolute Gasteiger partial charge is 0.400 e. The summed E-state index contributed by atoms with van der Waals surface area (Å²) in [6.45, 7) is 2.45. The summed E-state index contributed by atoms with van der Waals surface area (Å²) in [5.41, 5.74) is 8.38. The number of benzene rings is 1. The van der Waals surface area contributed by atoms with E-state index in [4.69, 9.17) is 16.2 Å². The molecule has 8 nitrogen and oxygen atoms in total. The molecule has 0 atom stereocenters. The molecular formula is C29H25F6N5O3. The highest BCUT2D eigenvalue weighted by Gasteiger charge is 2.40. The van der Waals surface area contributed by atoms with Crippen LogP contribution in [-0.4, -0.2) is 48.4 Å². The van der Waals surface area contributed by atoms with Crippen LogP contribution < -0.4 is 16.8 Å². The van der Waals surface area contributed by atoms with E-state index in [1.54, 1.807) is 0 Å². The predicted molar refractivity (Wildman–Crippen MR) is 148 cm³/mol. The third-order valence-corrected chi connectivity index (χ3v) is 5.71. The molecule has 226 valence electrons. The lowest BCUT2D eigenvalue weighted by atomic mass is 9.98. The van der Waals surface area contributed by atoms with Gasteiger partial charge in [0, 0.05) is 23.0 Å². The van der Waals surface area contributed by atoms with Crippen LogP contribution in [0.15, 0.2) is 94.8 Å². The zero-order valence-corrected chi connectivity index (χ0v) is 22.6. The Morgan fingerprint density at radius 2 is 1.88 bits per heavy atom. The molecule has 0 bridgehead atoms. The number of nitrogens with zero attached hydrogens (tertiary/aromatic N) is 2. The molecule has 0 radical (unpaired) electrons. The first-order chi connectivity index (χ1) is 20.2. The highest BCUT2D eigenvalue weighted by Crippen LogP contribution is 2.30. The summed E-state index contributed by atoms with van der Waals surface area (Å²) in [4.78, 5) is 32.3. The molecule has 43 heavy (non-hydrogen) atoms. The molecule has 0 spiro atoms. The van der Waals surface area contributed by atoms with Gasteiger partial charge in [0.05, 0.1) is 36.0 Å². The van der Waals surface area contributed by atoms with Crippen molar-refractivity contribution in [2.75, 3.05) is 19.8 Å². The number of aromatic nitrogens is 1. The predicted octanol–water partition coefficient (Wildman–Crippen LogP) is 4.97. The average Bonchev–Trinajstić information content (AvgIpc) is 3.32. The Bertz CT molecular complexity index is 1600. The van der Waals surface area contributed by atoms with E-state index in [1.807, 2.05) is 0 Å². The zero-order valence-electron chi connectivity index (χ0n) is 22.6. The van der Waals surface area contributed by atoms with Crippen LogP contribution in [0.25, 0.3) is 16.8 Å². The fraction of sp³-hybridized carbons (Fsp3) is 0.172. The number of allylic oxidation sites excluding steroid dienone is 6. The van der Waals surface area contributed by atoms with Crippen molar-refractivity contribution in [1.29, 1.82) is 0 Å². The lowest BCUT2D eigenvalue weighted by Crippen LogP contribution is -2.30. The molecule has 0 fully saturated rings. The van der Waals surface area contributed by atoms with Crippen LogP contribution >= 0.6 is 0 Å². The SMILES string of the molecule is C=C(F)/C=C(/C=C(\NC(=O)CN=C(C1=C(N)COC1)C(F)(F)F)c1ncccc1-c1ccc(F)c(C(N)=O)c1)\C=C(/C)F. The Morgan fingerprint density at radius 1 is 1.16 bits per heavy atom. The van der Waals surface area contributed by atoms with Gasteiger partial charge in [0.1, 0.15) is 23.9 Å². The number of primary amides is 1. The standard InChI is InChI=1S/C29H25F6N5O3/c1-15(30)8-17(9-16(2)31)10-24(40-25(41)12-39-27(29(33,34)35)21-13-43-14-23(21)36)26-19(4-3-7-38-26)18-5-6-22(32)20(11-18)28(37)42/h3-11H,1,12-14,36H2,2H3,(H2,37,42)(H,40,41)/b16-9+,17-8+,24-10-,39-27?. The second-order valence-electron chi connectivity index (χ2n) is 9.05. The van der Waals surface area contributed by atoms with Gasteiger partial charge < -0.3 is 21.5 Å². The molecule has 2 amide bonds. The van der Waals surface area contributed by atoms with Crippen molar-refractivity contribution in [3.63, 3.8) is 0 Å². The summed E-state index contributed by atoms with van der Waals surface area (Å²) < 4.78 is 87.8. The van der Waals surface area contributed by atoms with Crippen molar-refractivity contribution in [2.24, 2.45) is 16.5 Å². The maximum atomic E-state index is 14.2. The second-order valence-corrected chi connectivity index (χ2v) is 9.05. The van der Waals surface area contributed by atoms with E-state index >= 15 is 0 Å². The third-order valence-electron chi connectivity index (χ3n) is 5.71. The number of carbonyl (C=O) groups excluding carboxylic acids is 2. The summed E-state index contributed by atoms with van der Waals surface area (Å²) in [5, 5.41) is 2.37. The highest BCUT2D eigenvalue weighted by atomic mass is 19.4. The van der Waals surface area contributed by atoms with Crippen molar-refractivity contribution in [1.82, 2.24) is 10.3 Å². The van der Waals surface area contributed by atoms with Crippen molar-refractivity contribution < 1.29 is 40.7 Å². The number of aliphatic imine (C=N–C) groups is 1. The van der Waals surface area contributed by atoms with E-state index in [2.05, 4.69) is 21.9 Å². The van der Waals surface area contributed by atoms with Crippen LogP contribution in [0.2, 0.25) is 0 Å². The van der Waals surface area contributed by atoms with E-state index in [0.29, 0.717) is 0 Å². The van der Waals surface area contributed by atoms with Crippen LogP contribution in [0.5, 0.6) is 0 Å². The minimum Gasteiger partial charge on any atom is -0.400 e. The molecule has 0 saturated carbocycles. The Kier molecular flexibility index (Phi) is 10.4. The Balaban J connectivity index is 2.14. The van der Waals surface area contributed by atoms with E-state index in [1.165, 1.54) is 24.4 Å². The number of halogens is 6. The van der Waals surface area contributed by atoms with Gasteiger partial charge in [-0.25, -0.2) is 13.2 Å². The van der Waals surface area contributed by atoms with Gasteiger partial charge in [-0.3, -0.25) is 19.6 Å². The Morgan fingerprint density at radius 3 is 2.47 bits per heavy atom. The Labute approximate surface area is 241 Å². The topological polar surface area (TPSA) is 133 Å². The maximum Gasteiger partial charge on any atom is 0.433 e. The van der Waals surface area contributed by atoms with Crippen LogP contribution in [0.1, 0.15) is 23.0 Å². The summed E-state index contributed by atoms with van der Waals surface area (Å²) in [7, 11) is 0. The van der Waals surface area contributed by atoms with Gasteiger partial charge in [-0.05, 0) is 54.5 Å². The largest absolute Gasteiger partial charge is 0.433 e. The van der Waals surface area contributed by atoms with Crippen molar-refractivity contribution in [2.45, 2.75) is 13.1 Å². The van der Waals surface area contributed by atoms with Gasteiger partial charge >= 0.3 is 6.18 Å². The van der Waals surface area contributed by atoms with Gasteiger partial charge in [0.15, 0.2) is 0 Å². The van der Waals surface area contributed by atoms with Crippen molar-refractivity contribution in [3.8, 4) is 11.1 Å². The van der Waals surface area contributed by atoms with Gasteiger partial charge in [0.25, 0.3) is 5.91 Å². The molecule has 2 aromatic rings. The number of rotatable bonds is 10. The number of nitrogens with one attached hydrogen (secondary N) is 1. The normalized spacial score (nSPS) is 15.1. The summed E-state index contributed by atoms with van der Waals surface area (Å²) in [5.74, 6) is -4.78. The van der Waals surface area contributed by atoms with E-state index in [0.717, 1.165) is 37.3 Å². The van der Waals surface area contributed by atoms with E-state index < -0.39 is 65.5 Å². The van der Waals surface area contributed by atoms with Gasteiger partial charge in [-0.1, -0.05) is 18.7 Å². The van der Waals surface area contributed by atoms with E-state index in [-0.39, 0.29) is 40.4 Å². The average molecular weight is 606 g/mol. The molecule has 0 aliphatic carbocycles. The van der Waals surface area contributed by atoms with Crippen LogP contribution in [0.3, 0.4) is 0 Å². The van der Waals surface area contributed by atoms with Crippen LogP contribution in [0, 0.1) is 5.82 Å². The highest BCUT2D eigenvalue weighted by molar-refractivity contribution is 6.06. The summed E-state index contributed by atoms with van der Waals surface area (Å²) in [6, 6.07) is 6.34. The molecule has 0 unspecified atom stereocenters. The lowest BCUT2D eigenvalue weighted by molar-refractivity contribution is -0.118. The summed E-state index contributed by atoms with van der Waals surface area (Å²) in [6.07, 6.45) is -0.841. The van der Waals surface area contributed by atoms with Gasteiger partial charge in [-0.15, -0.1) is 0 Å². The molecule has 5 N–H and O–H groups in total. The zero-order chi connectivity index (χ0) is 31.9. The van der Waals surface area contributed by atoms with Gasteiger partial charge in [0.2, 0.25) is 5.91 Å². The molecule has 2 heterocycles. The van der Waals surface area contributed by atoms with Crippen LogP contribution in [0.4, 0.5) is 26.3 Å². The number of hydrogen-bond acceptors (Lipinski definition) is 6. The number of hydrogen-bond donors (Lipinski definition) is 3. The number of alkyl halides is 3. The molecule has 3 rings (SSSR count). The molecule has 1 aromatic heterocycles. The number of ether oxygens (including phenoxy) is 1. The fourth-order valence-electron chi connectivity index (χ4n) is 3.96. The fourth-order valence-corrected chi connectivity index (χ4v) is 3.96. The minimum atomic E-state index is -4.96. The monoisotopic (exact) mass is 605 g/mol. The molecule has 1 aromatic carbocycles. The molecule has 0 saturated heterocycles. The number of nitrogens with two attached hydrogens (primary N) is 2. The maximum absolute atomic E-state index is 14.2. The molecule has 1 aliphatic heterocycles. The Hall–Kier alpha value is -4.98. The summed E-state index contributed by atoms with van der Waals surface area (Å²) >= 11 is 0. The minimum absolute atomic E-state index is 0.0608. The molecule has 1 aliphatic rings. The molecule has 14 heteroatoms. The van der Waals surface area contributed by atoms with E-state index in [9.17, 15) is 35.9 Å². The third kappa shape index (κ3) is 8.75. The number of pyridine rings is 1. The number of amides is 2. The quantitative estimate of drug-likeness (QED) is 0.200. The first-order valence-electron chi connectivity index (χ1n) is 12.3. The number of carbonyl (C=O) groups is 2. The lowest BCUT2D eigenvalue weighted by Gasteiger charge is -2.15. The first-order valence-corrected chi connectivity index (χ1v) is 12.3. The second kappa shape index (κ2) is 13.8. The van der Waals surface area contributed by atoms with Crippen molar-refractivity contribution in [3.05, 3.63) is 107 Å². The molecular weight excluding hydrogens is 580 g/mol. The van der Waals surface area contributed by atoms with Gasteiger partial charge in [-0.2, -0.15) is 13.2 Å². The first kappa shape index (κ1) is 32.5. The van der Waals surface area contributed by atoms with Crippen LogP contribution in [-0.2, 0) is 9.53 Å².